The van der Waals surface area contributed by atoms with Gasteiger partial charge in [-0.05, 0) is 24.5 Å². The number of hydrogen-bond donors (Lipinski definition) is 0. The van der Waals surface area contributed by atoms with Crippen molar-refractivity contribution >= 4 is 0 Å². The van der Waals surface area contributed by atoms with Gasteiger partial charge in [0.25, 0.3) is 0 Å². The number of rotatable bonds is 6. The third kappa shape index (κ3) is 2.81. The Balaban J connectivity index is 3.05. The lowest BCUT2D eigenvalue weighted by atomic mass is 10.1. The molecule has 16 heavy (non-hydrogen) atoms. The molecule has 89 valence electrons. The van der Waals surface area contributed by atoms with Crippen LogP contribution in [0.1, 0.15) is 18.4 Å². The van der Waals surface area contributed by atoms with Gasteiger partial charge in [-0.1, -0.05) is 13.3 Å². The van der Waals surface area contributed by atoms with Gasteiger partial charge in [0.2, 0.25) is 0 Å². The minimum atomic E-state index is 0.692. The number of ether oxygens (including phenoxy) is 3. The summed E-state index contributed by atoms with van der Waals surface area (Å²) in [6, 6.07) is 3.82. The van der Waals surface area contributed by atoms with E-state index < -0.39 is 0 Å². The largest absolute Gasteiger partial charge is 0.496 e. The maximum Gasteiger partial charge on any atom is 0.164 e. The fourth-order valence-corrected chi connectivity index (χ4v) is 1.60. The van der Waals surface area contributed by atoms with Gasteiger partial charge in [0, 0.05) is 6.07 Å². The van der Waals surface area contributed by atoms with Gasteiger partial charge in [-0.3, -0.25) is 0 Å². The average Bonchev–Trinajstić information content (AvgIpc) is 2.35. The molecule has 1 rings (SSSR count). The second kappa shape index (κ2) is 6.26. The molecule has 0 bridgehead atoms. The number of methoxy groups -OCH3 is 3. The summed E-state index contributed by atoms with van der Waals surface area (Å²) in [6.07, 6.45) is 2.89. The Morgan fingerprint density at radius 3 is 2.00 bits per heavy atom. The first-order valence-corrected chi connectivity index (χ1v) is 5.35. The Kier molecular flexibility index (Phi) is 4.96. The van der Waals surface area contributed by atoms with Crippen LogP contribution in [0.3, 0.4) is 0 Å². The summed E-state index contributed by atoms with van der Waals surface area (Å²) in [4.78, 5) is 0. The van der Waals surface area contributed by atoms with Crippen LogP contribution in [0.4, 0.5) is 0 Å². The first kappa shape index (κ1) is 12.7. The molecule has 3 heteroatoms. The Morgan fingerprint density at radius 2 is 1.50 bits per heavy atom. The van der Waals surface area contributed by atoms with Crippen molar-refractivity contribution in [3.05, 3.63) is 24.6 Å². The van der Waals surface area contributed by atoms with Crippen LogP contribution >= 0.6 is 0 Å². The number of unbranched alkanes of at least 4 members (excludes halogenated alkanes) is 1. The SMILES string of the molecule is [CH2]CCCc1cc(OC)c(OC)cc1OC. The van der Waals surface area contributed by atoms with E-state index in [1.807, 2.05) is 12.1 Å². The summed E-state index contributed by atoms with van der Waals surface area (Å²) in [5, 5.41) is 0. The van der Waals surface area contributed by atoms with Crippen LogP contribution < -0.4 is 14.2 Å². The predicted octanol–water partition coefficient (Wildman–Crippen LogP) is 2.87. The van der Waals surface area contributed by atoms with E-state index >= 15 is 0 Å². The summed E-state index contributed by atoms with van der Waals surface area (Å²) in [7, 11) is 4.91. The quantitative estimate of drug-likeness (QED) is 0.742. The molecule has 0 spiro atoms. The summed E-state index contributed by atoms with van der Waals surface area (Å²) < 4.78 is 15.8. The van der Waals surface area contributed by atoms with E-state index in [1.165, 1.54) is 0 Å². The van der Waals surface area contributed by atoms with Crippen molar-refractivity contribution in [2.24, 2.45) is 0 Å². The summed E-state index contributed by atoms with van der Waals surface area (Å²) in [5.74, 6) is 2.27. The van der Waals surface area contributed by atoms with Crippen LogP contribution in [0.25, 0.3) is 0 Å². The Morgan fingerprint density at radius 1 is 0.938 bits per heavy atom. The lowest BCUT2D eigenvalue weighted by molar-refractivity contribution is 0.347. The monoisotopic (exact) mass is 223 g/mol. The topological polar surface area (TPSA) is 27.7 Å². The molecule has 0 unspecified atom stereocenters. The molecule has 0 heterocycles. The summed E-state index contributed by atoms with van der Waals surface area (Å²) >= 11 is 0. The molecule has 0 fully saturated rings. The minimum Gasteiger partial charge on any atom is -0.496 e. The Labute approximate surface area is 97.3 Å². The summed E-state index contributed by atoms with van der Waals surface area (Å²) in [6.45, 7) is 3.84. The van der Waals surface area contributed by atoms with Gasteiger partial charge in [0.15, 0.2) is 11.5 Å². The number of hydrogen-bond acceptors (Lipinski definition) is 3. The molecular weight excluding hydrogens is 204 g/mol. The summed E-state index contributed by atoms with van der Waals surface area (Å²) in [5.41, 5.74) is 1.13. The van der Waals surface area contributed by atoms with E-state index in [9.17, 15) is 0 Å². The highest BCUT2D eigenvalue weighted by Crippen LogP contribution is 2.35. The molecule has 3 nitrogen and oxygen atoms in total. The lowest BCUT2D eigenvalue weighted by Gasteiger charge is -2.13. The molecule has 0 amide bonds. The van der Waals surface area contributed by atoms with Crippen molar-refractivity contribution in [1.29, 1.82) is 0 Å². The highest BCUT2D eigenvalue weighted by Gasteiger charge is 2.10. The van der Waals surface area contributed by atoms with E-state index in [2.05, 4.69) is 6.92 Å². The molecule has 0 N–H and O–H groups in total. The molecule has 0 aliphatic heterocycles. The smallest absolute Gasteiger partial charge is 0.164 e. The molecule has 0 saturated carbocycles. The third-order valence-electron chi connectivity index (χ3n) is 2.48. The molecule has 1 aromatic rings. The van der Waals surface area contributed by atoms with Crippen molar-refractivity contribution < 1.29 is 14.2 Å². The number of benzene rings is 1. The molecule has 0 aliphatic rings. The standard InChI is InChI=1S/C13H19O3/c1-5-6-7-10-8-12(15-3)13(16-4)9-11(10)14-2/h8-9H,1,5-7H2,2-4H3. The second-order valence-electron chi connectivity index (χ2n) is 3.48. The van der Waals surface area contributed by atoms with Crippen LogP contribution in [-0.4, -0.2) is 21.3 Å². The zero-order chi connectivity index (χ0) is 12.0. The van der Waals surface area contributed by atoms with E-state index in [-0.39, 0.29) is 0 Å². The highest BCUT2D eigenvalue weighted by molar-refractivity contribution is 5.50. The van der Waals surface area contributed by atoms with Crippen LogP contribution in [0, 0.1) is 6.92 Å². The zero-order valence-corrected chi connectivity index (χ0v) is 10.2. The van der Waals surface area contributed by atoms with Gasteiger partial charge < -0.3 is 14.2 Å². The fraction of sp³-hybridized carbons (Fsp3) is 0.462. The average molecular weight is 223 g/mol. The first-order valence-electron chi connectivity index (χ1n) is 5.35. The second-order valence-corrected chi connectivity index (χ2v) is 3.48. The fourth-order valence-electron chi connectivity index (χ4n) is 1.60. The van der Waals surface area contributed by atoms with Crippen LogP contribution in [0.15, 0.2) is 12.1 Å². The normalized spacial score (nSPS) is 10.0. The van der Waals surface area contributed by atoms with E-state index in [0.29, 0.717) is 5.75 Å². The van der Waals surface area contributed by atoms with Crippen LogP contribution in [0.2, 0.25) is 0 Å². The van der Waals surface area contributed by atoms with Crippen molar-refractivity contribution in [2.45, 2.75) is 19.3 Å². The van der Waals surface area contributed by atoms with Crippen molar-refractivity contribution in [1.82, 2.24) is 0 Å². The van der Waals surface area contributed by atoms with Crippen molar-refractivity contribution in [2.75, 3.05) is 21.3 Å². The van der Waals surface area contributed by atoms with Gasteiger partial charge in [-0.15, -0.1) is 0 Å². The minimum absolute atomic E-state index is 0.692. The third-order valence-corrected chi connectivity index (χ3v) is 2.48. The predicted molar refractivity (Wildman–Crippen MR) is 64.4 cm³/mol. The zero-order valence-electron chi connectivity index (χ0n) is 10.2. The molecule has 1 aromatic carbocycles. The van der Waals surface area contributed by atoms with E-state index in [4.69, 9.17) is 14.2 Å². The Bertz CT molecular complexity index is 334. The van der Waals surface area contributed by atoms with Gasteiger partial charge >= 0.3 is 0 Å². The van der Waals surface area contributed by atoms with Gasteiger partial charge in [0.05, 0.1) is 21.3 Å². The highest BCUT2D eigenvalue weighted by atomic mass is 16.5. The van der Waals surface area contributed by atoms with Crippen molar-refractivity contribution in [3.8, 4) is 17.2 Å². The van der Waals surface area contributed by atoms with E-state index in [1.54, 1.807) is 21.3 Å². The van der Waals surface area contributed by atoms with Crippen molar-refractivity contribution in [3.63, 3.8) is 0 Å². The molecule has 0 aliphatic carbocycles. The van der Waals surface area contributed by atoms with Crippen LogP contribution in [-0.2, 0) is 6.42 Å². The molecule has 1 radical (unpaired) electrons. The Hall–Kier alpha value is -1.38. The lowest BCUT2D eigenvalue weighted by Crippen LogP contribution is -1.97. The van der Waals surface area contributed by atoms with Gasteiger partial charge in [-0.2, -0.15) is 0 Å². The molecular formula is C13H19O3. The first-order chi connectivity index (χ1) is 7.76. The van der Waals surface area contributed by atoms with Gasteiger partial charge in [-0.25, -0.2) is 0 Å². The molecule has 0 aromatic heterocycles. The molecule has 0 atom stereocenters. The van der Waals surface area contributed by atoms with Gasteiger partial charge in [0.1, 0.15) is 5.75 Å². The van der Waals surface area contributed by atoms with Crippen LogP contribution in [0.5, 0.6) is 17.2 Å². The van der Waals surface area contributed by atoms with E-state index in [0.717, 1.165) is 36.3 Å². The maximum atomic E-state index is 5.33. The maximum absolute atomic E-state index is 5.33. The molecule has 0 saturated heterocycles. The number of aryl methyl sites for hydroxylation is 1.